The lowest BCUT2D eigenvalue weighted by molar-refractivity contribution is 0.0937. The molecule has 0 aromatic carbocycles. The molecule has 0 unspecified atom stereocenters. The molecule has 1 saturated carbocycles. The zero-order valence-electron chi connectivity index (χ0n) is 13.0. The van der Waals surface area contributed by atoms with Crippen LogP contribution in [0.15, 0.2) is 24.5 Å². The van der Waals surface area contributed by atoms with Crippen LogP contribution in [-0.2, 0) is 10.2 Å². The monoisotopic (exact) mass is 313 g/mol. The first-order chi connectivity index (χ1) is 11.2. The van der Waals surface area contributed by atoms with E-state index in [1.165, 1.54) is 0 Å². The second-order valence-electron chi connectivity index (χ2n) is 6.15. The van der Waals surface area contributed by atoms with Crippen LogP contribution in [0.3, 0.4) is 0 Å². The molecular formula is C17H19N3O3. The summed E-state index contributed by atoms with van der Waals surface area (Å²) in [5, 5.41) is 2.99. The van der Waals surface area contributed by atoms with Crippen molar-refractivity contribution < 1.29 is 14.3 Å². The molecule has 0 saturated heterocycles. The minimum atomic E-state index is -0.00377. The van der Waals surface area contributed by atoms with Gasteiger partial charge in [-0.15, -0.1) is 0 Å². The van der Waals surface area contributed by atoms with E-state index in [4.69, 9.17) is 9.47 Å². The standard InChI is InChI=1S/C17H19N3O3/c1-22-6-7-23-14-9-18-5-2-11(14)13-8-12-15(20-13)17(3-4-17)10-19-16(12)21/h2,5,8-9,20H,3-4,6-7,10H2,1H3,(H,19,21). The van der Waals surface area contributed by atoms with Crippen LogP contribution in [0.25, 0.3) is 11.3 Å². The van der Waals surface area contributed by atoms with E-state index >= 15 is 0 Å². The van der Waals surface area contributed by atoms with Crippen LogP contribution >= 0.6 is 0 Å². The molecule has 2 N–H and O–H groups in total. The van der Waals surface area contributed by atoms with Crippen LogP contribution in [0.4, 0.5) is 0 Å². The number of nitrogens with one attached hydrogen (secondary N) is 2. The first-order valence-electron chi connectivity index (χ1n) is 7.81. The molecule has 23 heavy (non-hydrogen) atoms. The van der Waals surface area contributed by atoms with Gasteiger partial charge in [-0.2, -0.15) is 0 Å². The lowest BCUT2D eigenvalue weighted by atomic mass is 9.95. The zero-order valence-corrected chi connectivity index (χ0v) is 13.0. The van der Waals surface area contributed by atoms with E-state index in [1.54, 1.807) is 19.5 Å². The summed E-state index contributed by atoms with van der Waals surface area (Å²) in [6.07, 6.45) is 5.66. The van der Waals surface area contributed by atoms with Crippen molar-refractivity contribution in [1.82, 2.24) is 15.3 Å². The van der Waals surface area contributed by atoms with Gasteiger partial charge in [-0.1, -0.05) is 0 Å². The number of ether oxygens (including phenoxy) is 2. The lowest BCUT2D eigenvalue weighted by Crippen LogP contribution is -2.38. The summed E-state index contributed by atoms with van der Waals surface area (Å²) in [7, 11) is 1.64. The smallest absolute Gasteiger partial charge is 0.253 e. The maximum Gasteiger partial charge on any atom is 0.253 e. The van der Waals surface area contributed by atoms with E-state index in [0.29, 0.717) is 19.0 Å². The van der Waals surface area contributed by atoms with Gasteiger partial charge in [0.1, 0.15) is 12.4 Å². The lowest BCUT2D eigenvalue weighted by Gasteiger charge is -2.22. The summed E-state index contributed by atoms with van der Waals surface area (Å²) in [5.41, 5.74) is 3.74. The van der Waals surface area contributed by atoms with Gasteiger partial charge >= 0.3 is 0 Å². The summed E-state index contributed by atoms with van der Waals surface area (Å²) in [6, 6.07) is 3.82. The molecule has 3 heterocycles. The van der Waals surface area contributed by atoms with E-state index in [1.807, 2.05) is 12.1 Å². The van der Waals surface area contributed by atoms with Gasteiger partial charge in [0.05, 0.1) is 24.1 Å². The molecular weight excluding hydrogens is 294 g/mol. The van der Waals surface area contributed by atoms with Gasteiger partial charge in [0, 0.05) is 36.5 Å². The van der Waals surface area contributed by atoms with E-state index in [-0.39, 0.29) is 11.3 Å². The number of carbonyl (C=O) groups is 1. The number of pyridine rings is 1. The molecule has 6 nitrogen and oxygen atoms in total. The second kappa shape index (κ2) is 5.38. The van der Waals surface area contributed by atoms with Crippen molar-refractivity contribution in [1.29, 1.82) is 0 Å². The molecule has 1 aliphatic heterocycles. The Morgan fingerprint density at radius 1 is 1.30 bits per heavy atom. The van der Waals surface area contributed by atoms with Gasteiger partial charge in [-0.05, 0) is 25.0 Å². The molecule has 0 bridgehead atoms. The van der Waals surface area contributed by atoms with Crippen LogP contribution < -0.4 is 10.1 Å². The first-order valence-corrected chi connectivity index (χ1v) is 7.81. The van der Waals surface area contributed by atoms with Crippen molar-refractivity contribution in [3.8, 4) is 17.0 Å². The van der Waals surface area contributed by atoms with Gasteiger partial charge in [-0.25, -0.2) is 0 Å². The summed E-state index contributed by atoms with van der Waals surface area (Å²) in [6.45, 7) is 1.70. The van der Waals surface area contributed by atoms with E-state index in [2.05, 4.69) is 15.3 Å². The third-order valence-electron chi connectivity index (χ3n) is 4.65. The Morgan fingerprint density at radius 3 is 2.96 bits per heavy atom. The SMILES string of the molecule is COCCOc1cnccc1-c1cc2c([nH]1)C1(CC1)CNC2=O. The Morgan fingerprint density at radius 2 is 2.17 bits per heavy atom. The fourth-order valence-corrected chi connectivity index (χ4v) is 3.16. The highest BCUT2D eigenvalue weighted by Gasteiger charge is 2.50. The number of rotatable bonds is 5. The Balaban J connectivity index is 1.71. The highest BCUT2D eigenvalue weighted by molar-refractivity contribution is 5.99. The molecule has 1 amide bonds. The van der Waals surface area contributed by atoms with E-state index in [0.717, 1.165) is 41.9 Å². The highest BCUT2D eigenvalue weighted by atomic mass is 16.5. The fourth-order valence-electron chi connectivity index (χ4n) is 3.16. The first kappa shape index (κ1) is 14.3. The van der Waals surface area contributed by atoms with Crippen LogP contribution in [-0.4, -0.2) is 42.7 Å². The summed E-state index contributed by atoms with van der Waals surface area (Å²) < 4.78 is 10.8. The molecule has 1 spiro atoms. The molecule has 0 atom stereocenters. The summed E-state index contributed by atoms with van der Waals surface area (Å²) in [5.74, 6) is 0.685. The number of H-pyrrole nitrogens is 1. The quantitative estimate of drug-likeness (QED) is 0.826. The number of fused-ring (bicyclic) bond motifs is 2. The molecule has 2 aromatic rings. The Labute approximate surface area is 134 Å². The molecule has 2 aliphatic rings. The molecule has 0 radical (unpaired) electrons. The number of nitrogens with zero attached hydrogens (tertiary/aromatic N) is 1. The van der Waals surface area contributed by atoms with Gasteiger partial charge in [0.25, 0.3) is 5.91 Å². The second-order valence-corrected chi connectivity index (χ2v) is 6.15. The topological polar surface area (TPSA) is 76.2 Å². The van der Waals surface area contributed by atoms with Crippen molar-refractivity contribution in [2.45, 2.75) is 18.3 Å². The number of aromatic amines is 1. The number of hydrogen-bond donors (Lipinski definition) is 2. The number of amides is 1. The normalized spacial score (nSPS) is 17.7. The number of hydrogen-bond acceptors (Lipinski definition) is 4. The van der Waals surface area contributed by atoms with Crippen molar-refractivity contribution in [2.75, 3.05) is 26.9 Å². The van der Waals surface area contributed by atoms with E-state index in [9.17, 15) is 4.79 Å². The van der Waals surface area contributed by atoms with Gasteiger partial charge < -0.3 is 19.8 Å². The predicted octanol–water partition coefficient (Wildman–Crippen LogP) is 1.88. The molecule has 4 rings (SSSR count). The van der Waals surface area contributed by atoms with Gasteiger partial charge in [-0.3, -0.25) is 9.78 Å². The van der Waals surface area contributed by atoms with Crippen LogP contribution in [0.5, 0.6) is 5.75 Å². The zero-order chi connectivity index (χ0) is 15.9. The molecule has 120 valence electrons. The highest BCUT2D eigenvalue weighted by Crippen LogP contribution is 2.51. The molecule has 2 aromatic heterocycles. The van der Waals surface area contributed by atoms with Gasteiger partial charge in [0.15, 0.2) is 0 Å². The number of methoxy groups -OCH3 is 1. The maximum absolute atomic E-state index is 12.2. The van der Waals surface area contributed by atoms with Gasteiger partial charge in [0.2, 0.25) is 0 Å². The van der Waals surface area contributed by atoms with Crippen molar-refractivity contribution in [3.63, 3.8) is 0 Å². The summed E-state index contributed by atoms with van der Waals surface area (Å²) in [4.78, 5) is 19.7. The average molecular weight is 313 g/mol. The Bertz CT molecular complexity index is 749. The Hall–Kier alpha value is -2.34. The maximum atomic E-state index is 12.2. The van der Waals surface area contributed by atoms with Crippen molar-refractivity contribution in [3.05, 3.63) is 35.8 Å². The minimum Gasteiger partial charge on any atom is -0.489 e. The third kappa shape index (κ3) is 2.39. The number of aromatic nitrogens is 2. The van der Waals surface area contributed by atoms with Crippen LogP contribution in [0, 0.1) is 0 Å². The largest absolute Gasteiger partial charge is 0.489 e. The van der Waals surface area contributed by atoms with Crippen molar-refractivity contribution in [2.24, 2.45) is 0 Å². The predicted molar refractivity (Wildman–Crippen MR) is 84.6 cm³/mol. The van der Waals surface area contributed by atoms with Crippen molar-refractivity contribution >= 4 is 5.91 Å². The fraction of sp³-hybridized carbons (Fsp3) is 0.412. The third-order valence-corrected chi connectivity index (χ3v) is 4.65. The molecule has 6 heteroatoms. The van der Waals surface area contributed by atoms with Crippen LogP contribution in [0.2, 0.25) is 0 Å². The molecule has 1 aliphatic carbocycles. The van der Waals surface area contributed by atoms with Crippen LogP contribution in [0.1, 0.15) is 28.9 Å². The summed E-state index contributed by atoms with van der Waals surface area (Å²) >= 11 is 0. The number of carbonyl (C=O) groups excluding carboxylic acids is 1. The average Bonchev–Trinajstić information content (AvgIpc) is 3.20. The minimum absolute atomic E-state index is 0.00377. The van der Waals surface area contributed by atoms with E-state index < -0.39 is 0 Å². The Kier molecular flexibility index (Phi) is 3.34. The molecule has 1 fully saturated rings.